The molecule has 2 fully saturated rings. The van der Waals surface area contributed by atoms with Crippen LogP contribution in [0.2, 0.25) is 0 Å². The van der Waals surface area contributed by atoms with Crippen molar-refractivity contribution < 1.29 is 17.9 Å². The predicted octanol–water partition coefficient (Wildman–Crippen LogP) is 0.983. The summed E-state index contributed by atoms with van der Waals surface area (Å²) in [6.45, 7) is 5.70. The number of sulfone groups is 1. The Morgan fingerprint density at radius 1 is 1.35 bits per heavy atom. The summed E-state index contributed by atoms with van der Waals surface area (Å²) in [5.41, 5.74) is -0.189. The van der Waals surface area contributed by atoms with Crippen molar-refractivity contribution in [3.05, 3.63) is 0 Å². The van der Waals surface area contributed by atoms with E-state index in [2.05, 4.69) is 5.32 Å². The van der Waals surface area contributed by atoms with Crippen LogP contribution in [0, 0.1) is 5.92 Å². The third-order valence-electron chi connectivity index (χ3n) is 5.09. The summed E-state index contributed by atoms with van der Waals surface area (Å²) in [5, 5.41) is 3.25. The summed E-state index contributed by atoms with van der Waals surface area (Å²) < 4.78 is 34.9. The minimum Gasteiger partial charge on any atom is -0.378 e. The molecule has 0 saturated carbocycles. The minimum absolute atomic E-state index is 0.0705. The molecular weight excluding hydrogens is 278 g/mol. The lowest BCUT2D eigenvalue weighted by Crippen LogP contribution is -2.57. The highest BCUT2D eigenvalue weighted by molar-refractivity contribution is 7.92. The van der Waals surface area contributed by atoms with Crippen molar-refractivity contribution >= 4 is 9.84 Å². The molecule has 118 valence electrons. The van der Waals surface area contributed by atoms with Gasteiger partial charge in [0.2, 0.25) is 0 Å². The molecule has 6 heteroatoms. The van der Waals surface area contributed by atoms with Gasteiger partial charge in [-0.25, -0.2) is 8.42 Å². The molecule has 0 bridgehead atoms. The van der Waals surface area contributed by atoms with E-state index in [-0.39, 0.29) is 11.6 Å². The summed E-state index contributed by atoms with van der Waals surface area (Å²) in [6.07, 6.45) is 4.01. The lowest BCUT2D eigenvalue weighted by molar-refractivity contribution is -0.104. The van der Waals surface area contributed by atoms with Gasteiger partial charge in [-0.15, -0.1) is 0 Å². The van der Waals surface area contributed by atoms with Gasteiger partial charge in [-0.1, -0.05) is 0 Å². The first-order valence-corrected chi connectivity index (χ1v) is 9.20. The monoisotopic (exact) mass is 305 g/mol. The Morgan fingerprint density at radius 3 is 2.55 bits per heavy atom. The van der Waals surface area contributed by atoms with Crippen LogP contribution in [-0.2, 0) is 19.3 Å². The SMILES string of the molecule is CNC(C1CCOC2(CCOC2)C1)C(C)(C)S(C)(=O)=O. The first kappa shape index (κ1) is 16.2. The molecular formula is C14H27NO4S. The first-order chi connectivity index (χ1) is 9.22. The molecule has 20 heavy (non-hydrogen) atoms. The van der Waals surface area contributed by atoms with Crippen LogP contribution >= 0.6 is 0 Å². The molecule has 1 N–H and O–H groups in total. The van der Waals surface area contributed by atoms with Crippen LogP contribution in [0.4, 0.5) is 0 Å². The number of nitrogens with one attached hydrogen (secondary N) is 1. The van der Waals surface area contributed by atoms with Gasteiger partial charge in [0.25, 0.3) is 0 Å². The maximum Gasteiger partial charge on any atom is 0.154 e. The molecule has 2 aliphatic heterocycles. The van der Waals surface area contributed by atoms with Gasteiger partial charge in [-0.2, -0.15) is 0 Å². The maximum atomic E-state index is 12.1. The van der Waals surface area contributed by atoms with Crippen LogP contribution in [0.15, 0.2) is 0 Å². The molecule has 2 heterocycles. The van der Waals surface area contributed by atoms with Gasteiger partial charge in [0.05, 0.1) is 17.0 Å². The second-order valence-corrected chi connectivity index (χ2v) is 9.33. The van der Waals surface area contributed by atoms with Crippen LogP contribution in [0.1, 0.15) is 33.1 Å². The second kappa shape index (κ2) is 5.55. The summed E-state index contributed by atoms with van der Waals surface area (Å²) in [6, 6.07) is -0.0705. The molecule has 2 saturated heterocycles. The van der Waals surface area contributed by atoms with Crippen molar-refractivity contribution in [3.8, 4) is 0 Å². The highest BCUT2D eigenvalue weighted by Gasteiger charge is 2.48. The highest BCUT2D eigenvalue weighted by atomic mass is 32.2. The Balaban J connectivity index is 2.19. The zero-order chi connectivity index (χ0) is 15.0. The fourth-order valence-corrected chi connectivity index (χ4v) is 4.37. The Morgan fingerprint density at radius 2 is 2.05 bits per heavy atom. The van der Waals surface area contributed by atoms with Gasteiger partial charge < -0.3 is 14.8 Å². The maximum absolute atomic E-state index is 12.1. The average molecular weight is 305 g/mol. The van der Waals surface area contributed by atoms with E-state index < -0.39 is 14.6 Å². The smallest absolute Gasteiger partial charge is 0.154 e. The van der Waals surface area contributed by atoms with Crippen LogP contribution in [0.3, 0.4) is 0 Å². The van der Waals surface area contributed by atoms with Crippen LogP contribution in [0.5, 0.6) is 0 Å². The molecule has 0 aromatic heterocycles. The van der Waals surface area contributed by atoms with Gasteiger partial charge in [-0.3, -0.25) is 0 Å². The van der Waals surface area contributed by atoms with E-state index in [0.29, 0.717) is 19.1 Å². The minimum atomic E-state index is -3.13. The van der Waals surface area contributed by atoms with E-state index in [1.54, 1.807) is 0 Å². The Bertz CT molecular complexity index is 440. The van der Waals surface area contributed by atoms with Crippen LogP contribution < -0.4 is 5.32 Å². The van der Waals surface area contributed by atoms with Crippen LogP contribution in [-0.4, -0.2) is 57.9 Å². The zero-order valence-electron chi connectivity index (χ0n) is 12.9. The third kappa shape index (κ3) is 2.89. The van der Waals surface area contributed by atoms with Crippen molar-refractivity contribution in [1.82, 2.24) is 5.32 Å². The fourth-order valence-electron chi connectivity index (χ4n) is 3.60. The average Bonchev–Trinajstić information content (AvgIpc) is 2.76. The highest BCUT2D eigenvalue weighted by Crippen LogP contribution is 2.40. The molecule has 3 atom stereocenters. The van der Waals surface area contributed by atoms with Gasteiger partial charge >= 0.3 is 0 Å². The molecule has 0 amide bonds. The Kier molecular flexibility index (Phi) is 4.50. The van der Waals surface area contributed by atoms with Crippen molar-refractivity contribution in [2.75, 3.05) is 33.1 Å². The molecule has 1 spiro atoms. The molecule has 5 nitrogen and oxygen atoms in total. The number of hydrogen-bond acceptors (Lipinski definition) is 5. The zero-order valence-corrected chi connectivity index (χ0v) is 13.8. The van der Waals surface area contributed by atoms with E-state index in [0.717, 1.165) is 25.9 Å². The summed E-state index contributed by atoms with van der Waals surface area (Å²) >= 11 is 0. The van der Waals surface area contributed by atoms with Crippen molar-refractivity contribution in [2.45, 2.75) is 49.5 Å². The molecule has 0 aliphatic carbocycles. The summed E-state index contributed by atoms with van der Waals surface area (Å²) in [5.74, 6) is 0.292. The topological polar surface area (TPSA) is 64.6 Å². The van der Waals surface area contributed by atoms with E-state index in [1.807, 2.05) is 20.9 Å². The van der Waals surface area contributed by atoms with Crippen molar-refractivity contribution in [1.29, 1.82) is 0 Å². The molecule has 2 aliphatic rings. The molecule has 0 aromatic rings. The third-order valence-corrected chi connectivity index (χ3v) is 7.25. The van der Waals surface area contributed by atoms with E-state index >= 15 is 0 Å². The van der Waals surface area contributed by atoms with Gasteiger partial charge in [0, 0.05) is 31.9 Å². The molecule has 0 radical (unpaired) electrons. The van der Waals surface area contributed by atoms with Gasteiger partial charge in [0.1, 0.15) is 0 Å². The quantitative estimate of drug-likeness (QED) is 0.839. The standard InChI is InChI=1S/C14H27NO4S/c1-13(2,20(4,16)17)12(15-3)11-5-7-19-14(9-11)6-8-18-10-14/h11-12,15H,5-10H2,1-4H3. The fraction of sp³-hybridized carbons (Fsp3) is 1.00. The molecule has 2 rings (SSSR count). The lowest BCUT2D eigenvalue weighted by Gasteiger charge is -2.44. The first-order valence-electron chi connectivity index (χ1n) is 7.30. The number of ether oxygens (including phenoxy) is 2. The van der Waals surface area contributed by atoms with Crippen LogP contribution in [0.25, 0.3) is 0 Å². The lowest BCUT2D eigenvalue weighted by atomic mass is 9.77. The van der Waals surface area contributed by atoms with Gasteiger partial charge in [0.15, 0.2) is 9.84 Å². The second-order valence-electron chi connectivity index (χ2n) is 6.73. The number of hydrogen-bond donors (Lipinski definition) is 1. The summed E-state index contributed by atoms with van der Waals surface area (Å²) in [4.78, 5) is 0. The van der Waals surface area contributed by atoms with Crippen molar-refractivity contribution in [2.24, 2.45) is 5.92 Å². The summed E-state index contributed by atoms with van der Waals surface area (Å²) in [7, 11) is -1.28. The van der Waals surface area contributed by atoms with E-state index in [4.69, 9.17) is 9.47 Å². The predicted molar refractivity (Wildman–Crippen MR) is 78.6 cm³/mol. The van der Waals surface area contributed by atoms with Gasteiger partial charge in [-0.05, 0) is 39.7 Å². The number of rotatable bonds is 4. The van der Waals surface area contributed by atoms with Crippen molar-refractivity contribution in [3.63, 3.8) is 0 Å². The molecule has 3 unspecified atom stereocenters. The Labute approximate surface area is 122 Å². The van der Waals surface area contributed by atoms with E-state index in [1.165, 1.54) is 6.26 Å². The van der Waals surface area contributed by atoms with E-state index in [9.17, 15) is 8.42 Å². The Hall–Kier alpha value is -0.170. The normalized spacial score (nSPS) is 33.5. The largest absolute Gasteiger partial charge is 0.378 e. The molecule has 0 aromatic carbocycles.